The number of allylic oxidation sites excluding steroid dienone is 1. The topological polar surface area (TPSA) is 165 Å². The molecular weight excluding hydrogens is 620 g/mol. The molecule has 48 heavy (non-hydrogen) atoms. The number of ether oxygens (including phenoxy) is 3. The van der Waals surface area contributed by atoms with E-state index in [-0.39, 0.29) is 51.8 Å². The number of carbonyl (C=O) groups is 3. The SMILES string of the molecule is C=C1C[C@]23C[C@H]1CC[C@H]2[C@]1(C)CC[C@@H](OC(=O)c2cccc([N+](=O)[O-])c2)[C@](C)(COC(C)=O)C1C[C@@H]3OC(=O)c1cccc([N+](=O)[O-])c1. The Labute approximate surface area is 278 Å². The smallest absolute Gasteiger partial charge is 0.338 e. The van der Waals surface area contributed by atoms with Crippen LogP contribution in [0.4, 0.5) is 11.4 Å². The Morgan fingerprint density at radius 2 is 1.46 bits per heavy atom. The number of non-ortho nitro benzene ring substituents is 2. The fourth-order valence-corrected chi connectivity index (χ4v) is 9.95. The molecular formula is C36H40N2O10. The number of nitro benzene ring substituents is 2. The lowest BCUT2D eigenvalue weighted by Gasteiger charge is -2.66. The minimum absolute atomic E-state index is 0.0431. The second-order valence-corrected chi connectivity index (χ2v) is 14.6. The van der Waals surface area contributed by atoms with Crippen molar-refractivity contribution in [3.05, 3.63) is 92.0 Å². The van der Waals surface area contributed by atoms with Crippen LogP contribution in [0.15, 0.2) is 60.7 Å². The zero-order valence-corrected chi connectivity index (χ0v) is 27.3. The number of hydrogen-bond donors (Lipinski definition) is 0. The summed E-state index contributed by atoms with van der Waals surface area (Å²) in [6, 6.07) is 10.9. The monoisotopic (exact) mass is 660 g/mol. The molecule has 8 atom stereocenters. The predicted octanol–water partition coefficient (Wildman–Crippen LogP) is 7.01. The second-order valence-electron chi connectivity index (χ2n) is 14.6. The quantitative estimate of drug-likeness (QED) is 0.0945. The van der Waals surface area contributed by atoms with E-state index in [1.807, 2.05) is 6.92 Å². The number of fused-ring (bicyclic) bond motifs is 3. The van der Waals surface area contributed by atoms with Gasteiger partial charge in [-0.25, -0.2) is 9.59 Å². The van der Waals surface area contributed by atoms with Crippen molar-refractivity contribution in [2.75, 3.05) is 6.61 Å². The van der Waals surface area contributed by atoms with Gasteiger partial charge in [-0.05, 0) is 80.2 Å². The predicted molar refractivity (Wildman–Crippen MR) is 172 cm³/mol. The summed E-state index contributed by atoms with van der Waals surface area (Å²) in [6.07, 6.45) is 3.71. The van der Waals surface area contributed by atoms with Gasteiger partial charge in [-0.3, -0.25) is 25.0 Å². The second kappa shape index (κ2) is 12.1. The average Bonchev–Trinajstić information content (AvgIpc) is 3.30. The maximum atomic E-state index is 13.7. The molecule has 4 aliphatic rings. The lowest BCUT2D eigenvalue weighted by molar-refractivity contribution is -0.385. The van der Waals surface area contributed by atoms with Crippen molar-refractivity contribution in [3.8, 4) is 0 Å². The van der Waals surface area contributed by atoms with Crippen LogP contribution < -0.4 is 0 Å². The van der Waals surface area contributed by atoms with E-state index in [1.54, 1.807) is 0 Å². The zero-order chi connectivity index (χ0) is 34.6. The number of carbonyl (C=O) groups excluding carboxylic acids is 3. The van der Waals surface area contributed by atoms with Gasteiger partial charge >= 0.3 is 17.9 Å². The van der Waals surface area contributed by atoms with Crippen LogP contribution in [0.1, 0.15) is 86.4 Å². The van der Waals surface area contributed by atoms with Gasteiger partial charge < -0.3 is 14.2 Å². The maximum absolute atomic E-state index is 13.7. The van der Waals surface area contributed by atoms with E-state index in [0.29, 0.717) is 31.6 Å². The lowest BCUT2D eigenvalue weighted by atomic mass is 9.40. The van der Waals surface area contributed by atoms with Crippen molar-refractivity contribution >= 4 is 29.3 Å². The third-order valence-electron chi connectivity index (χ3n) is 12.1. The molecule has 0 radical (unpaired) electrons. The standard InChI is InChI=1S/C36H40N2O10/c1-21-18-36-19-25(21)11-12-28(36)34(3)14-13-30(47-32(40)23-7-5-9-26(15-23)37(42)43)35(4,20-46-22(2)39)29(34)17-31(36)48-33(41)24-8-6-10-27(16-24)38(44)45/h5-10,15-16,25,28-31H,1,11-14,17-20H2,2-4H3/t25-,28+,29?,30-,31+,34+,35-,36+/m1/s1. The van der Waals surface area contributed by atoms with Crippen molar-refractivity contribution in [2.45, 2.75) is 77.9 Å². The van der Waals surface area contributed by atoms with Gasteiger partial charge in [-0.1, -0.05) is 38.1 Å². The first-order valence-corrected chi connectivity index (χ1v) is 16.4. The van der Waals surface area contributed by atoms with Gasteiger partial charge in [0.05, 0.1) is 21.0 Å². The molecule has 0 saturated heterocycles. The number of hydrogen-bond acceptors (Lipinski definition) is 10. The van der Waals surface area contributed by atoms with E-state index in [2.05, 4.69) is 13.5 Å². The molecule has 4 fully saturated rings. The first-order valence-electron chi connectivity index (χ1n) is 16.4. The molecule has 1 spiro atoms. The summed E-state index contributed by atoms with van der Waals surface area (Å²) in [5, 5.41) is 22.8. The highest BCUT2D eigenvalue weighted by atomic mass is 16.6. The highest BCUT2D eigenvalue weighted by Crippen LogP contribution is 2.73. The van der Waals surface area contributed by atoms with Gasteiger partial charge in [0, 0.05) is 42.0 Å². The molecule has 1 unspecified atom stereocenters. The number of benzene rings is 2. The molecule has 2 aromatic rings. The van der Waals surface area contributed by atoms with Gasteiger partial charge in [0.1, 0.15) is 18.8 Å². The summed E-state index contributed by atoms with van der Waals surface area (Å²) >= 11 is 0. The fraction of sp³-hybridized carbons (Fsp3) is 0.528. The van der Waals surface area contributed by atoms with Crippen LogP contribution >= 0.6 is 0 Å². The average molecular weight is 661 g/mol. The Hall–Kier alpha value is -4.61. The summed E-state index contributed by atoms with van der Waals surface area (Å²) < 4.78 is 18.2. The molecule has 0 heterocycles. The van der Waals surface area contributed by atoms with Crippen molar-refractivity contribution in [3.63, 3.8) is 0 Å². The Morgan fingerprint density at radius 3 is 2.02 bits per heavy atom. The number of rotatable bonds is 8. The maximum Gasteiger partial charge on any atom is 0.338 e. The molecule has 254 valence electrons. The fourth-order valence-electron chi connectivity index (χ4n) is 9.95. The first kappa shape index (κ1) is 33.3. The lowest BCUT2D eigenvalue weighted by Crippen LogP contribution is -2.66. The highest BCUT2D eigenvalue weighted by molar-refractivity contribution is 5.91. The van der Waals surface area contributed by atoms with Crippen LogP contribution in [0, 0.1) is 54.2 Å². The van der Waals surface area contributed by atoms with Crippen LogP contribution in [0.25, 0.3) is 0 Å². The molecule has 0 amide bonds. The van der Waals surface area contributed by atoms with Crippen LogP contribution in [0.3, 0.4) is 0 Å². The third-order valence-corrected chi connectivity index (χ3v) is 12.1. The Kier molecular flexibility index (Phi) is 8.41. The number of nitrogens with zero attached hydrogens (tertiary/aromatic N) is 2. The van der Waals surface area contributed by atoms with Crippen LogP contribution in [-0.4, -0.2) is 46.6 Å². The first-order chi connectivity index (χ1) is 22.7. The van der Waals surface area contributed by atoms with Crippen LogP contribution in [0.5, 0.6) is 0 Å². The molecule has 2 bridgehead atoms. The molecule has 0 aliphatic heterocycles. The summed E-state index contributed by atoms with van der Waals surface area (Å²) in [5.74, 6) is -1.64. The zero-order valence-electron chi connectivity index (χ0n) is 27.3. The number of esters is 3. The Balaban J connectivity index is 1.38. The molecule has 6 rings (SSSR count). The molecule has 0 N–H and O–H groups in total. The van der Waals surface area contributed by atoms with Gasteiger partial charge in [-0.2, -0.15) is 0 Å². The van der Waals surface area contributed by atoms with Crippen LogP contribution in [0.2, 0.25) is 0 Å². The highest BCUT2D eigenvalue weighted by Gasteiger charge is 2.70. The van der Waals surface area contributed by atoms with E-state index >= 15 is 0 Å². The van der Waals surface area contributed by atoms with Crippen molar-refractivity contribution in [1.82, 2.24) is 0 Å². The van der Waals surface area contributed by atoms with E-state index < -0.39 is 45.4 Å². The molecule has 12 heteroatoms. The van der Waals surface area contributed by atoms with E-state index in [4.69, 9.17) is 14.2 Å². The summed E-state index contributed by atoms with van der Waals surface area (Å²) in [6.45, 7) is 9.89. The summed E-state index contributed by atoms with van der Waals surface area (Å²) in [4.78, 5) is 61.1. The van der Waals surface area contributed by atoms with Crippen LogP contribution in [-0.2, 0) is 19.0 Å². The van der Waals surface area contributed by atoms with Crippen molar-refractivity contribution in [2.24, 2.45) is 34.0 Å². The van der Waals surface area contributed by atoms with E-state index in [1.165, 1.54) is 55.5 Å². The molecule has 12 nitrogen and oxygen atoms in total. The van der Waals surface area contributed by atoms with Gasteiger partial charge in [0.25, 0.3) is 11.4 Å². The Bertz CT molecular complexity index is 1710. The summed E-state index contributed by atoms with van der Waals surface area (Å²) in [5.41, 5.74) is -0.741. The normalized spacial score (nSPS) is 33.5. The van der Waals surface area contributed by atoms with Crippen molar-refractivity contribution < 1.29 is 38.4 Å². The molecule has 0 aromatic heterocycles. The van der Waals surface area contributed by atoms with E-state index in [9.17, 15) is 34.6 Å². The van der Waals surface area contributed by atoms with Gasteiger partial charge in [0.15, 0.2) is 0 Å². The van der Waals surface area contributed by atoms with Gasteiger partial charge in [0.2, 0.25) is 0 Å². The molecule has 4 aliphatic carbocycles. The van der Waals surface area contributed by atoms with Gasteiger partial charge in [-0.15, -0.1) is 0 Å². The minimum Gasteiger partial charge on any atom is -0.465 e. The number of nitro groups is 2. The Morgan fingerprint density at radius 1 is 0.875 bits per heavy atom. The third kappa shape index (κ3) is 5.54. The summed E-state index contributed by atoms with van der Waals surface area (Å²) in [7, 11) is 0. The molecule has 2 aromatic carbocycles. The minimum atomic E-state index is -0.903. The largest absolute Gasteiger partial charge is 0.465 e. The molecule has 4 saturated carbocycles. The van der Waals surface area contributed by atoms with Crippen molar-refractivity contribution in [1.29, 1.82) is 0 Å². The van der Waals surface area contributed by atoms with E-state index in [0.717, 1.165) is 24.8 Å².